The van der Waals surface area contributed by atoms with E-state index in [1.54, 1.807) is 30.9 Å². The SMILES string of the molecule is CCO/C([O-])=C(/c1nc2ccccc2o1)c1c[n+](C)ns1. The normalized spacial score (nSPS) is 12.5. The highest BCUT2D eigenvalue weighted by Crippen LogP contribution is 2.29. The van der Waals surface area contributed by atoms with Crippen molar-refractivity contribution in [3.05, 3.63) is 47.2 Å². The zero-order chi connectivity index (χ0) is 14.8. The number of aromatic nitrogens is 3. The molecule has 0 saturated heterocycles. The molecule has 0 saturated carbocycles. The van der Waals surface area contributed by atoms with Crippen LogP contribution in [0.1, 0.15) is 17.7 Å². The van der Waals surface area contributed by atoms with Crippen LogP contribution >= 0.6 is 11.5 Å². The zero-order valence-corrected chi connectivity index (χ0v) is 12.4. The van der Waals surface area contributed by atoms with E-state index in [1.807, 2.05) is 18.2 Å². The van der Waals surface area contributed by atoms with E-state index in [2.05, 4.69) is 9.47 Å². The Morgan fingerprint density at radius 3 is 2.90 bits per heavy atom. The molecule has 0 fully saturated rings. The van der Waals surface area contributed by atoms with Crippen LogP contribution in [0.5, 0.6) is 0 Å². The highest BCUT2D eigenvalue weighted by Gasteiger charge is 2.20. The van der Waals surface area contributed by atoms with Crippen molar-refractivity contribution in [2.45, 2.75) is 6.92 Å². The lowest BCUT2D eigenvalue weighted by Crippen LogP contribution is -2.27. The number of fused-ring (bicyclic) bond motifs is 1. The maximum Gasteiger partial charge on any atom is 0.230 e. The third-order valence-electron chi connectivity index (χ3n) is 2.81. The van der Waals surface area contributed by atoms with Crippen LogP contribution in [0.3, 0.4) is 0 Å². The minimum atomic E-state index is -0.465. The maximum atomic E-state index is 12.2. The van der Waals surface area contributed by atoms with E-state index >= 15 is 0 Å². The molecular weight excluding hydrogens is 290 g/mol. The third kappa shape index (κ3) is 2.59. The molecule has 1 aromatic carbocycles. The summed E-state index contributed by atoms with van der Waals surface area (Å²) in [7, 11) is 1.79. The van der Waals surface area contributed by atoms with Gasteiger partial charge in [0.25, 0.3) is 0 Å². The lowest BCUT2D eigenvalue weighted by Gasteiger charge is -2.15. The molecule has 3 aromatic rings. The molecule has 0 radical (unpaired) electrons. The molecule has 6 nitrogen and oxygen atoms in total. The van der Waals surface area contributed by atoms with Crippen LogP contribution in [-0.4, -0.2) is 16.1 Å². The zero-order valence-electron chi connectivity index (χ0n) is 11.6. The van der Waals surface area contributed by atoms with Crippen molar-refractivity contribution in [3.8, 4) is 0 Å². The Morgan fingerprint density at radius 1 is 1.43 bits per heavy atom. The van der Waals surface area contributed by atoms with E-state index in [0.717, 1.165) is 0 Å². The van der Waals surface area contributed by atoms with E-state index in [-0.39, 0.29) is 12.5 Å². The Balaban J connectivity index is 2.17. The molecule has 0 unspecified atom stereocenters. The topological polar surface area (TPSA) is 75.1 Å². The fourth-order valence-electron chi connectivity index (χ4n) is 1.91. The number of oxazole rings is 1. The number of benzene rings is 1. The highest BCUT2D eigenvalue weighted by molar-refractivity contribution is 7.06. The third-order valence-corrected chi connectivity index (χ3v) is 3.65. The lowest BCUT2D eigenvalue weighted by atomic mass is 10.2. The summed E-state index contributed by atoms with van der Waals surface area (Å²) >= 11 is 1.19. The van der Waals surface area contributed by atoms with Crippen molar-refractivity contribution in [3.63, 3.8) is 0 Å². The van der Waals surface area contributed by atoms with E-state index in [9.17, 15) is 5.11 Å². The summed E-state index contributed by atoms with van der Waals surface area (Å²) < 4.78 is 16.5. The first-order valence-corrected chi connectivity index (χ1v) is 7.19. The van der Waals surface area contributed by atoms with E-state index in [1.165, 1.54) is 11.5 Å². The predicted octanol–water partition coefficient (Wildman–Crippen LogP) is 1.22. The van der Waals surface area contributed by atoms with Crippen LogP contribution in [0.4, 0.5) is 0 Å². The van der Waals surface area contributed by atoms with E-state index < -0.39 is 5.95 Å². The molecule has 0 bridgehead atoms. The standard InChI is InChI=1S/C14H13N3O3S/c1-3-19-14(18)12(11-8-17(2)16-21-11)13-15-9-6-4-5-7-10(9)20-13/h4-8H,3H2,1-2H3. The minimum absolute atomic E-state index is 0.249. The van der Waals surface area contributed by atoms with Crippen LogP contribution in [0.15, 0.2) is 40.8 Å². The predicted molar refractivity (Wildman–Crippen MR) is 74.9 cm³/mol. The first-order chi connectivity index (χ1) is 10.2. The summed E-state index contributed by atoms with van der Waals surface area (Å²) in [6.07, 6.45) is 1.74. The van der Waals surface area contributed by atoms with Crippen molar-refractivity contribution < 1.29 is 18.9 Å². The quantitative estimate of drug-likeness (QED) is 0.535. The molecule has 2 aromatic heterocycles. The molecule has 0 amide bonds. The Bertz CT molecular complexity index is 774. The smallest absolute Gasteiger partial charge is 0.230 e. The molecule has 3 rings (SSSR count). The molecule has 0 N–H and O–H groups in total. The second-order valence-electron chi connectivity index (χ2n) is 4.32. The summed E-state index contributed by atoms with van der Waals surface area (Å²) in [5.41, 5.74) is 1.62. The van der Waals surface area contributed by atoms with Gasteiger partial charge < -0.3 is 14.3 Å². The average molecular weight is 303 g/mol. The summed E-state index contributed by atoms with van der Waals surface area (Å²) in [6.45, 7) is 2.04. The summed E-state index contributed by atoms with van der Waals surface area (Å²) in [5, 5.41) is 12.2. The van der Waals surface area contributed by atoms with Crippen LogP contribution in [0.2, 0.25) is 0 Å². The Morgan fingerprint density at radius 2 is 2.24 bits per heavy atom. The number of ether oxygens (including phenoxy) is 1. The number of aryl methyl sites for hydroxylation is 1. The lowest BCUT2D eigenvalue weighted by molar-refractivity contribution is -0.722. The van der Waals surface area contributed by atoms with Gasteiger partial charge in [0.15, 0.2) is 12.6 Å². The van der Waals surface area contributed by atoms with Crippen molar-refractivity contribution in [1.29, 1.82) is 0 Å². The van der Waals surface area contributed by atoms with Crippen LogP contribution in [-0.2, 0) is 11.8 Å². The monoisotopic (exact) mass is 303 g/mol. The molecule has 21 heavy (non-hydrogen) atoms. The minimum Gasteiger partial charge on any atom is -0.613 e. The van der Waals surface area contributed by atoms with Gasteiger partial charge in [0, 0.05) is 11.5 Å². The van der Waals surface area contributed by atoms with Crippen molar-refractivity contribution in [1.82, 2.24) is 9.47 Å². The van der Waals surface area contributed by atoms with E-state index in [0.29, 0.717) is 21.5 Å². The van der Waals surface area contributed by atoms with E-state index in [4.69, 9.17) is 9.15 Å². The van der Waals surface area contributed by atoms with Gasteiger partial charge in [0.1, 0.15) is 10.4 Å². The summed E-state index contributed by atoms with van der Waals surface area (Å²) in [6, 6.07) is 7.36. The molecule has 108 valence electrons. The van der Waals surface area contributed by atoms with Crippen LogP contribution in [0.25, 0.3) is 16.7 Å². The molecule has 0 atom stereocenters. The maximum absolute atomic E-state index is 12.2. The molecule has 7 heteroatoms. The average Bonchev–Trinajstić information content (AvgIpc) is 3.06. The summed E-state index contributed by atoms with van der Waals surface area (Å²) in [5.74, 6) is -0.216. The molecule has 0 aliphatic heterocycles. The fraction of sp³-hybridized carbons (Fsp3) is 0.214. The number of hydrogen-bond donors (Lipinski definition) is 0. The van der Waals surface area contributed by atoms with Gasteiger partial charge in [-0.1, -0.05) is 23.7 Å². The Labute approximate surface area is 125 Å². The molecule has 0 aliphatic carbocycles. The van der Waals surface area contributed by atoms with Crippen LogP contribution in [0, 0.1) is 0 Å². The van der Waals surface area contributed by atoms with Gasteiger partial charge in [0.05, 0.1) is 16.0 Å². The number of hydrogen-bond acceptors (Lipinski definition) is 6. The Kier molecular flexibility index (Phi) is 3.57. The molecule has 0 aliphatic rings. The van der Waals surface area contributed by atoms with Gasteiger partial charge >= 0.3 is 0 Å². The highest BCUT2D eigenvalue weighted by atomic mass is 32.1. The van der Waals surface area contributed by atoms with Crippen molar-refractivity contribution >= 4 is 28.2 Å². The van der Waals surface area contributed by atoms with Gasteiger partial charge in [-0.05, 0) is 18.7 Å². The second kappa shape index (κ2) is 5.53. The summed E-state index contributed by atoms with van der Waals surface area (Å²) in [4.78, 5) is 5.02. The largest absolute Gasteiger partial charge is 0.613 e. The number of nitrogens with zero attached hydrogens (tertiary/aromatic N) is 3. The first kappa shape index (κ1) is 13.6. The van der Waals surface area contributed by atoms with Gasteiger partial charge in [-0.3, -0.25) is 0 Å². The first-order valence-electron chi connectivity index (χ1n) is 6.42. The Hall–Kier alpha value is -2.41. The van der Waals surface area contributed by atoms with Crippen LogP contribution < -0.4 is 9.79 Å². The molecular formula is C14H13N3O3S. The molecule has 0 spiro atoms. The second-order valence-corrected chi connectivity index (χ2v) is 5.11. The van der Waals surface area contributed by atoms with Gasteiger partial charge in [-0.2, -0.15) is 0 Å². The fourth-order valence-corrected chi connectivity index (χ4v) is 2.64. The van der Waals surface area contributed by atoms with Crippen molar-refractivity contribution in [2.75, 3.05) is 6.61 Å². The van der Waals surface area contributed by atoms with Gasteiger partial charge in [-0.15, -0.1) is 0 Å². The number of rotatable bonds is 4. The van der Waals surface area contributed by atoms with Crippen molar-refractivity contribution in [2.24, 2.45) is 7.05 Å². The molecule has 2 heterocycles. The number of para-hydroxylation sites is 2. The van der Waals surface area contributed by atoms with Gasteiger partial charge in [0.2, 0.25) is 12.1 Å². The van der Waals surface area contributed by atoms with Gasteiger partial charge in [-0.25, -0.2) is 4.98 Å².